The van der Waals surface area contributed by atoms with Gasteiger partial charge in [0.2, 0.25) is 0 Å². The van der Waals surface area contributed by atoms with Crippen molar-refractivity contribution >= 4 is 22.0 Å². The maximum absolute atomic E-state index is 6.04. The van der Waals surface area contributed by atoms with E-state index < -0.39 is 0 Å². The Balaban J connectivity index is 1.76. The smallest absolute Gasteiger partial charge is 0.145 e. The number of para-hydroxylation sites is 2. The number of hydrogen-bond donors (Lipinski definition) is 0. The second kappa shape index (κ2) is 8.71. The fraction of sp³-hybridized carbons (Fsp3) is 0.344. The Kier molecular flexibility index (Phi) is 5.83. The summed E-state index contributed by atoms with van der Waals surface area (Å²) in [5.74, 6) is 1.86. The van der Waals surface area contributed by atoms with E-state index in [9.17, 15) is 0 Å². The predicted octanol–water partition coefficient (Wildman–Crippen LogP) is 9.04. The molecule has 0 aliphatic heterocycles. The average Bonchev–Trinajstić information content (AvgIpc) is 3.39. The predicted molar refractivity (Wildman–Crippen MR) is 147 cm³/mol. The Morgan fingerprint density at radius 2 is 1.54 bits per heavy atom. The summed E-state index contributed by atoms with van der Waals surface area (Å²) in [6.07, 6.45) is 1.88. The number of imidazole rings is 1. The highest BCUT2D eigenvalue weighted by atomic mass is 16.3. The largest absolute Gasteiger partial charge is 0.464 e. The quantitative estimate of drug-likeness (QED) is 0.260. The number of furan rings is 1. The van der Waals surface area contributed by atoms with Crippen molar-refractivity contribution in [3.63, 3.8) is 0 Å². The van der Waals surface area contributed by atoms with Gasteiger partial charge in [-0.2, -0.15) is 0 Å². The van der Waals surface area contributed by atoms with Crippen LogP contribution in [0.4, 0.5) is 0 Å². The molecular weight excluding hydrogens is 428 g/mol. The molecule has 5 rings (SSSR count). The first-order chi connectivity index (χ1) is 16.6. The zero-order valence-electron chi connectivity index (χ0n) is 22.0. The van der Waals surface area contributed by atoms with E-state index in [1.807, 2.05) is 6.26 Å². The van der Waals surface area contributed by atoms with Gasteiger partial charge in [0.15, 0.2) is 0 Å². The molecule has 2 heterocycles. The Morgan fingerprint density at radius 3 is 2.20 bits per heavy atom. The van der Waals surface area contributed by atoms with Crippen molar-refractivity contribution < 1.29 is 4.42 Å². The van der Waals surface area contributed by atoms with E-state index in [2.05, 4.69) is 114 Å². The van der Waals surface area contributed by atoms with Crippen LogP contribution in [0.15, 0.2) is 71.3 Å². The van der Waals surface area contributed by atoms with Crippen molar-refractivity contribution in [2.24, 2.45) is 0 Å². The normalized spacial score (nSPS) is 12.5. The third-order valence-electron chi connectivity index (χ3n) is 7.14. The zero-order valence-corrected chi connectivity index (χ0v) is 22.0. The molecule has 0 aliphatic rings. The highest BCUT2D eigenvalue weighted by Gasteiger charge is 2.22. The van der Waals surface area contributed by atoms with Crippen molar-refractivity contribution in [1.29, 1.82) is 0 Å². The molecule has 0 saturated heterocycles. The lowest BCUT2D eigenvalue weighted by Crippen LogP contribution is -2.11. The number of benzene rings is 3. The number of hydrogen-bond acceptors (Lipinski definition) is 2. The van der Waals surface area contributed by atoms with Crippen LogP contribution in [-0.4, -0.2) is 9.55 Å². The standard InChI is InChI=1S/C32H36N2O/c1-20(2)23-11-10-12-24(21(3)4)26(23)18-34-29-14-9-8-13-28(29)33-31(34)27-19-35-30-16-15-22(17-25(27)30)32(5,6)7/h8-17,19-21H,18H2,1-7H3. The van der Waals surface area contributed by atoms with Crippen LogP contribution in [0.5, 0.6) is 0 Å². The van der Waals surface area contributed by atoms with Crippen molar-refractivity contribution in [1.82, 2.24) is 9.55 Å². The minimum atomic E-state index is 0.0608. The van der Waals surface area contributed by atoms with E-state index in [0.29, 0.717) is 11.8 Å². The van der Waals surface area contributed by atoms with Gasteiger partial charge in [0.1, 0.15) is 17.7 Å². The maximum atomic E-state index is 6.04. The Bertz CT molecular complexity index is 1480. The van der Waals surface area contributed by atoms with Gasteiger partial charge in [-0.1, -0.05) is 84.9 Å². The second-order valence-electron chi connectivity index (χ2n) is 11.3. The lowest BCUT2D eigenvalue weighted by molar-refractivity contribution is 0.589. The van der Waals surface area contributed by atoms with Gasteiger partial charge >= 0.3 is 0 Å². The molecule has 3 nitrogen and oxygen atoms in total. The van der Waals surface area contributed by atoms with E-state index in [1.54, 1.807) is 0 Å². The molecule has 0 unspecified atom stereocenters. The third-order valence-corrected chi connectivity index (χ3v) is 7.14. The van der Waals surface area contributed by atoms with Gasteiger partial charge in [-0.15, -0.1) is 0 Å². The van der Waals surface area contributed by atoms with E-state index in [1.165, 1.54) is 22.3 Å². The van der Waals surface area contributed by atoms with Gasteiger partial charge in [0.25, 0.3) is 0 Å². The van der Waals surface area contributed by atoms with Crippen LogP contribution in [0.3, 0.4) is 0 Å². The number of rotatable bonds is 5. The van der Waals surface area contributed by atoms with E-state index in [-0.39, 0.29) is 5.41 Å². The summed E-state index contributed by atoms with van der Waals surface area (Å²) in [7, 11) is 0. The highest BCUT2D eigenvalue weighted by Crippen LogP contribution is 2.37. The van der Waals surface area contributed by atoms with Crippen molar-refractivity contribution in [3.05, 3.63) is 89.2 Å². The molecule has 0 amide bonds. The van der Waals surface area contributed by atoms with E-state index in [4.69, 9.17) is 9.40 Å². The fourth-order valence-corrected chi connectivity index (χ4v) is 5.16. The molecule has 0 aliphatic carbocycles. The van der Waals surface area contributed by atoms with Crippen LogP contribution in [0, 0.1) is 0 Å². The molecule has 3 heteroatoms. The molecule has 5 aromatic rings. The van der Waals surface area contributed by atoms with Crippen molar-refractivity contribution in [2.45, 2.75) is 72.3 Å². The Hall–Kier alpha value is -3.33. The molecule has 0 bridgehead atoms. The summed E-state index contributed by atoms with van der Waals surface area (Å²) >= 11 is 0. The van der Waals surface area contributed by atoms with Crippen LogP contribution < -0.4 is 0 Å². The summed E-state index contributed by atoms with van der Waals surface area (Å²) in [4.78, 5) is 5.15. The van der Waals surface area contributed by atoms with Gasteiger partial charge in [-0.25, -0.2) is 4.98 Å². The molecule has 0 saturated carbocycles. The molecule has 2 aromatic heterocycles. The average molecular weight is 465 g/mol. The van der Waals surface area contributed by atoms with Gasteiger partial charge in [-0.3, -0.25) is 0 Å². The lowest BCUT2D eigenvalue weighted by Gasteiger charge is -2.21. The first-order valence-corrected chi connectivity index (χ1v) is 12.7. The SMILES string of the molecule is CC(C)c1cccc(C(C)C)c1Cn1c(-c2coc3ccc(C(C)(C)C)cc23)nc2ccccc21. The van der Waals surface area contributed by atoms with Gasteiger partial charge in [0.05, 0.1) is 23.1 Å². The molecular formula is C32H36N2O. The van der Waals surface area contributed by atoms with Crippen LogP contribution in [0.1, 0.15) is 82.6 Å². The fourth-order valence-electron chi connectivity index (χ4n) is 5.16. The lowest BCUT2D eigenvalue weighted by atomic mass is 9.86. The molecule has 35 heavy (non-hydrogen) atoms. The summed E-state index contributed by atoms with van der Waals surface area (Å²) in [5.41, 5.74) is 9.69. The monoisotopic (exact) mass is 464 g/mol. The second-order valence-corrected chi connectivity index (χ2v) is 11.3. The third kappa shape index (κ3) is 4.18. The number of nitrogens with zero attached hydrogens (tertiary/aromatic N) is 2. The molecule has 0 radical (unpaired) electrons. The van der Waals surface area contributed by atoms with Crippen LogP contribution in [0.2, 0.25) is 0 Å². The topological polar surface area (TPSA) is 31.0 Å². The van der Waals surface area contributed by atoms with E-state index >= 15 is 0 Å². The molecule has 0 atom stereocenters. The molecule has 0 N–H and O–H groups in total. The van der Waals surface area contributed by atoms with Gasteiger partial charge in [-0.05, 0) is 63.8 Å². The summed E-state index contributed by atoms with van der Waals surface area (Å²) < 4.78 is 8.43. The molecule has 3 aromatic carbocycles. The van der Waals surface area contributed by atoms with Gasteiger partial charge in [0, 0.05) is 5.39 Å². The summed E-state index contributed by atoms with van der Waals surface area (Å²) in [6.45, 7) is 16.7. The first-order valence-electron chi connectivity index (χ1n) is 12.7. The Morgan fingerprint density at radius 1 is 0.857 bits per heavy atom. The maximum Gasteiger partial charge on any atom is 0.145 e. The van der Waals surface area contributed by atoms with Crippen LogP contribution in [0.25, 0.3) is 33.4 Å². The first kappa shape index (κ1) is 23.4. The van der Waals surface area contributed by atoms with Crippen molar-refractivity contribution in [2.75, 3.05) is 0 Å². The van der Waals surface area contributed by atoms with Gasteiger partial charge < -0.3 is 8.98 Å². The molecule has 0 fully saturated rings. The van der Waals surface area contributed by atoms with E-state index in [0.717, 1.165) is 39.9 Å². The van der Waals surface area contributed by atoms with Crippen molar-refractivity contribution in [3.8, 4) is 11.4 Å². The number of fused-ring (bicyclic) bond motifs is 2. The van der Waals surface area contributed by atoms with Crippen LogP contribution >= 0.6 is 0 Å². The molecule has 0 spiro atoms. The minimum absolute atomic E-state index is 0.0608. The highest BCUT2D eigenvalue weighted by molar-refractivity contribution is 5.95. The summed E-state index contributed by atoms with van der Waals surface area (Å²) in [6, 6.07) is 21.8. The zero-order chi connectivity index (χ0) is 24.9. The number of aromatic nitrogens is 2. The summed E-state index contributed by atoms with van der Waals surface area (Å²) in [5, 5.41) is 1.12. The molecule has 180 valence electrons. The minimum Gasteiger partial charge on any atom is -0.464 e. The Labute approximate surface area is 208 Å². The van der Waals surface area contributed by atoms with Crippen LogP contribution in [-0.2, 0) is 12.0 Å².